The molecule has 1 aliphatic carbocycles. The van der Waals surface area contributed by atoms with E-state index in [-0.39, 0.29) is 5.43 Å². The smallest absolute Gasteiger partial charge is 0.193 e. The number of aliphatic hydroxyl groups excluding tert-OH is 1. The Morgan fingerprint density at radius 2 is 2.05 bits per heavy atom. The van der Waals surface area contributed by atoms with Crippen molar-refractivity contribution in [3.05, 3.63) is 69.5 Å². The maximum absolute atomic E-state index is 15.3. The zero-order valence-corrected chi connectivity index (χ0v) is 21.5. The lowest BCUT2D eigenvalue weighted by molar-refractivity contribution is 0.149. The van der Waals surface area contributed by atoms with E-state index in [1.54, 1.807) is 0 Å². The summed E-state index contributed by atoms with van der Waals surface area (Å²) in [5, 5.41) is 13.9. The number of aryl methyl sites for hydroxylation is 1. The lowest BCUT2D eigenvalue weighted by atomic mass is 10.0. The van der Waals surface area contributed by atoms with Crippen molar-refractivity contribution in [2.75, 3.05) is 31.1 Å². The molecule has 6 rings (SSSR count). The zero-order valence-electron chi connectivity index (χ0n) is 21.5. The van der Waals surface area contributed by atoms with Gasteiger partial charge in [0.25, 0.3) is 0 Å². The molecule has 2 aromatic heterocycles. The summed E-state index contributed by atoms with van der Waals surface area (Å²) >= 11 is 0. The second-order valence-corrected chi connectivity index (χ2v) is 11.0. The van der Waals surface area contributed by atoms with Crippen LogP contribution in [0.1, 0.15) is 55.0 Å². The van der Waals surface area contributed by atoms with Crippen LogP contribution in [0.25, 0.3) is 10.9 Å². The molecule has 3 aliphatic rings. The van der Waals surface area contributed by atoms with Crippen molar-refractivity contribution >= 4 is 16.6 Å². The molecular formula is C29H36FN5O2. The number of hydrogen-bond donors (Lipinski definition) is 2. The van der Waals surface area contributed by atoms with E-state index in [1.165, 1.54) is 11.6 Å². The van der Waals surface area contributed by atoms with E-state index in [9.17, 15) is 9.90 Å². The summed E-state index contributed by atoms with van der Waals surface area (Å²) in [5.74, 6) is -0.390. The van der Waals surface area contributed by atoms with Crippen molar-refractivity contribution in [3.63, 3.8) is 0 Å². The van der Waals surface area contributed by atoms with Crippen LogP contribution < -0.4 is 15.6 Å². The third-order valence-electron chi connectivity index (χ3n) is 8.13. The van der Waals surface area contributed by atoms with Gasteiger partial charge >= 0.3 is 0 Å². The largest absolute Gasteiger partial charge is 0.391 e. The summed E-state index contributed by atoms with van der Waals surface area (Å²) in [6.45, 7) is 6.23. The first-order valence-electron chi connectivity index (χ1n) is 13.6. The first kappa shape index (κ1) is 24.5. The van der Waals surface area contributed by atoms with Gasteiger partial charge in [-0.2, -0.15) is 0 Å². The lowest BCUT2D eigenvalue weighted by Gasteiger charge is -2.35. The van der Waals surface area contributed by atoms with Gasteiger partial charge in [-0.3, -0.25) is 14.7 Å². The summed E-state index contributed by atoms with van der Waals surface area (Å²) in [4.78, 5) is 22.4. The average Bonchev–Trinajstić information content (AvgIpc) is 3.65. The number of hydrogen-bond acceptors (Lipinski definition) is 6. The maximum Gasteiger partial charge on any atom is 0.193 e. The fourth-order valence-electron chi connectivity index (χ4n) is 6.00. The number of fused-ring (bicyclic) bond motifs is 1. The highest BCUT2D eigenvalue weighted by Crippen LogP contribution is 2.38. The Bertz CT molecular complexity index is 1350. The molecule has 0 radical (unpaired) electrons. The number of anilines is 1. The summed E-state index contributed by atoms with van der Waals surface area (Å²) in [7, 11) is 0. The van der Waals surface area contributed by atoms with E-state index >= 15 is 4.39 Å². The molecule has 37 heavy (non-hydrogen) atoms. The van der Waals surface area contributed by atoms with Gasteiger partial charge in [-0.15, -0.1) is 0 Å². The molecule has 7 nitrogen and oxygen atoms in total. The van der Waals surface area contributed by atoms with Crippen LogP contribution in [0.4, 0.5) is 10.1 Å². The molecule has 0 bridgehead atoms. The third-order valence-corrected chi connectivity index (χ3v) is 8.13. The van der Waals surface area contributed by atoms with Gasteiger partial charge in [0, 0.05) is 73.8 Å². The molecular weight excluding hydrogens is 469 g/mol. The zero-order chi connectivity index (χ0) is 25.5. The van der Waals surface area contributed by atoms with Gasteiger partial charge in [0.2, 0.25) is 0 Å². The van der Waals surface area contributed by atoms with Crippen LogP contribution >= 0.6 is 0 Å². The molecule has 8 heteroatoms. The van der Waals surface area contributed by atoms with Crippen LogP contribution in [0.5, 0.6) is 0 Å². The van der Waals surface area contributed by atoms with Crippen LogP contribution in [-0.4, -0.2) is 57.9 Å². The fraction of sp³-hybridized carbons (Fsp3) is 0.517. The molecule has 2 saturated heterocycles. The van der Waals surface area contributed by atoms with Gasteiger partial charge in [0.1, 0.15) is 5.82 Å². The van der Waals surface area contributed by atoms with Gasteiger partial charge in [0.05, 0.1) is 17.3 Å². The Kier molecular flexibility index (Phi) is 6.73. The van der Waals surface area contributed by atoms with E-state index in [4.69, 9.17) is 0 Å². The lowest BCUT2D eigenvalue weighted by Crippen LogP contribution is -2.45. The quantitative estimate of drug-likeness (QED) is 0.512. The van der Waals surface area contributed by atoms with E-state index < -0.39 is 11.9 Å². The van der Waals surface area contributed by atoms with E-state index in [0.29, 0.717) is 49.2 Å². The third kappa shape index (κ3) is 5.15. The van der Waals surface area contributed by atoms with Crippen molar-refractivity contribution < 1.29 is 9.50 Å². The van der Waals surface area contributed by atoms with Crippen LogP contribution in [-0.2, 0) is 13.1 Å². The molecule has 0 amide bonds. The first-order valence-corrected chi connectivity index (χ1v) is 13.6. The number of rotatable bonds is 7. The molecule has 196 valence electrons. The average molecular weight is 506 g/mol. The van der Waals surface area contributed by atoms with Crippen molar-refractivity contribution in [2.24, 2.45) is 0 Å². The SMILES string of the molecule is Cc1cc(CN(Cc2cn(C3CC3)c3cc(N4CCC(O)C4)c(F)cc3c2=O)C2CCCNC2)ccn1. The topological polar surface area (TPSA) is 73.6 Å². The molecule has 4 heterocycles. The predicted octanol–water partition coefficient (Wildman–Crippen LogP) is 3.50. The molecule has 1 saturated carbocycles. The van der Waals surface area contributed by atoms with Gasteiger partial charge in [-0.1, -0.05) is 0 Å². The van der Waals surface area contributed by atoms with Gasteiger partial charge in [-0.25, -0.2) is 4.39 Å². The normalized spacial score (nSPS) is 22.3. The maximum atomic E-state index is 15.3. The van der Waals surface area contributed by atoms with Crippen molar-refractivity contribution in [1.29, 1.82) is 0 Å². The number of piperidine rings is 1. The van der Waals surface area contributed by atoms with E-state index in [1.807, 2.05) is 36.4 Å². The number of pyridine rings is 2. The standard InChI is InChI=1S/C29H36FN5O2/c1-19-11-20(6-9-32-19)15-34(23-3-2-8-31-14-23)16-21-17-35(22-4-5-22)27-13-28(33-10-7-24(36)18-33)26(30)12-25(27)29(21)37/h6,9,11-13,17,22-24,31,36H,2-5,7-8,10,14-16,18H2,1H3. The molecule has 1 aromatic carbocycles. The Morgan fingerprint density at radius 3 is 2.76 bits per heavy atom. The van der Waals surface area contributed by atoms with Crippen LogP contribution in [0.15, 0.2) is 41.5 Å². The number of benzene rings is 1. The second kappa shape index (κ2) is 10.2. The van der Waals surface area contributed by atoms with Crippen LogP contribution in [0.2, 0.25) is 0 Å². The molecule has 2 aliphatic heterocycles. The van der Waals surface area contributed by atoms with E-state index in [0.717, 1.165) is 62.1 Å². The Morgan fingerprint density at radius 1 is 1.19 bits per heavy atom. The number of aliphatic hydroxyl groups is 1. The molecule has 0 spiro atoms. The molecule has 2 atom stereocenters. The molecule has 2 N–H and O–H groups in total. The van der Waals surface area contributed by atoms with Crippen LogP contribution in [0.3, 0.4) is 0 Å². The predicted molar refractivity (Wildman–Crippen MR) is 143 cm³/mol. The Labute approximate surface area is 216 Å². The summed E-state index contributed by atoms with van der Waals surface area (Å²) in [5.41, 5.74) is 4.08. The highest BCUT2D eigenvalue weighted by Gasteiger charge is 2.29. The Hall–Kier alpha value is -2.81. The highest BCUT2D eigenvalue weighted by molar-refractivity contribution is 5.84. The number of nitrogens with zero attached hydrogens (tertiary/aromatic N) is 4. The summed E-state index contributed by atoms with van der Waals surface area (Å²) in [6.07, 6.45) is 8.41. The minimum atomic E-state index is -0.437. The number of β-amino-alcohol motifs (C(OH)–C–C–N with tert-alkyl or cyclic N) is 1. The van der Waals surface area contributed by atoms with Crippen LogP contribution in [0, 0.1) is 12.7 Å². The molecule has 3 aromatic rings. The molecule has 3 fully saturated rings. The highest BCUT2D eigenvalue weighted by atomic mass is 19.1. The fourth-order valence-corrected chi connectivity index (χ4v) is 6.00. The van der Waals surface area contributed by atoms with Crippen molar-refractivity contribution in [3.8, 4) is 0 Å². The Balaban J connectivity index is 1.39. The van der Waals surface area contributed by atoms with Gasteiger partial charge < -0.3 is 19.9 Å². The summed E-state index contributed by atoms with van der Waals surface area (Å²) in [6, 6.07) is 8.08. The minimum absolute atomic E-state index is 0.0847. The van der Waals surface area contributed by atoms with Crippen molar-refractivity contribution in [1.82, 2.24) is 19.8 Å². The van der Waals surface area contributed by atoms with Crippen molar-refractivity contribution in [2.45, 2.75) is 70.3 Å². The van der Waals surface area contributed by atoms with Gasteiger partial charge in [0.15, 0.2) is 5.43 Å². The number of nitrogens with one attached hydrogen (secondary N) is 1. The number of halogens is 1. The summed E-state index contributed by atoms with van der Waals surface area (Å²) < 4.78 is 17.5. The monoisotopic (exact) mass is 505 g/mol. The second-order valence-electron chi connectivity index (χ2n) is 11.0. The van der Waals surface area contributed by atoms with Gasteiger partial charge in [-0.05, 0) is 75.4 Å². The molecule has 2 unspecified atom stereocenters. The van der Waals surface area contributed by atoms with E-state index in [2.05, 4.69) is 25.8 Å². The first-order chi connectivity index (χ1) is 18.0. The number of aromatic nitrogens is 2. The minimum Gasteiger partial charge on any atom is -0.391 e.